The fourth-order valence-corrected chi connectivity index (χ4v) is 4.56. The van der Waals surface area contributed by atoms with E-state index in [0.29, 0.717) is 40.8 Å². The van der Waals surface area contributed by atoms with Crippen molar-refractivity contribution in [2.45, 2.75) is 25.4 Å². The molecule has 1 fully saturated rings. The molecule has 1 atom stereocenters. The second kappa shape index (κ2) is 9.80. The number of carboxylic acid groups (broad SMARTS) is 1. The lowest BCUT2D eigenvalue weighted by molar-refractivity contribution is 0.0946. The maximum atomic E-state index is 13.9. The van der Waals surface area contributed by atoms with E-state index < -0.39 is 23.6 Å². The Kier molecular flexibility index (Phi) is 6.38. The maximum absolute atomic E-state index is 13.9. The van der Waals surface area contributed by atoms with Gasteiger partial charge in [-0.3, -0.25) is 4.79 Å². The molecule has 3 heterocycles. The second-order valence-electron chi connectivity index (χ2n) is 8.78. The molecule has 2 amide bonds. The van der Waals surface area contributed by atoms with Crippen LogP contribution in [0.3, 0.4) is 0 Å². The number of halogens is 2. The highest BCUT2D eigenvalue weighted by Crippen LogP contribution is 2.34. The highest BCUT2D eigenvalue weighted by molar-refractivity contribution is 5.98. The topological polar surface area (TPSA) is 139 Å². The van der Waals surface area contributed by atoms with E-state index in [4.69, 9.17) is 10.8 Å². The number of nitrogens with one attached hydrogen (secondary N) is 1. The molecule has 2 aromatic carbocycles. The van der Waals surface area contributed by atoms with Gasteiger partial charge in [0.2, 0.25) is 0 Å². The summed E-state index contributed by atoms with van der Waals surface area (Å²) >= 11 is 0. The molecule has 0 radical (unpaired) electrons. The third-order valence-corrected chi connectivity index (χ3v) is 6.36. The third kappa shape index (κ3) is 4.77. The van der Waals surface area contributed by atoms with Crippen LogP contribution in [0.4, 0.5) is 19.4 Å². The van der Waals surface area contributed by atoms with E-state index in [9.17, 15) is 23.5 Å². The molecule has 4 aromatic rings. The predicted molar refractivity (Wildman–Crippen MR) is 131 cm³/mol. The number of benzene rings is 2. The zero-order valence-electron chi connectivity index (χ0n) is 19.6. The number of piperidine rings is 1. The lowest BCUT2D eigenvalue weighted by Gasteiger charge is -2.30. The summed E-state index contributed by atoms with van der Waals surface area (Å²) in [6.45, 7) is 0.796. The summed E-state index contributed by atoms with van der Waals surface area (Å²) in [4.78, 5) is 33.8. The van der Waals surface area contributed by atoms with Gasteiger partial charge >= 0.3 is 6.09 Å². The minimum Gasteiger partial charge on any atom is -0.465 e. The van der Waals surface area contributed by atoms with Crippen molar-refractivity contribution in [1.29, 1.82) is 0 Å². The van der Waals surface area contributed by atoms with E-state index >= 15 is 0 Å². The second-order valence-corrected chi connectivity index (χ2v) is 8.78. The first-order chi connectivity index (χ1) is 17.8. The highest BCUT2D eigenvalue weighted by Gasteiger charge is 2.28. The number of aromatic nitrogens is 4. The van der Waals surface area contributed by atoms with Crippen LogP contribution in [0.2, 0.25) is 0 Å². The number of likely N-dealkylation sites (tertiary alicyclic amines) is 1. The maximum Gasteiger partial charge on any atom is 0.407 e. The van der Waals surface area contributed by atoms with Gasteiger partial charge in [-0.2, -0.15) is 5.10 Å². The molecule has 4 N–H and O–H groups in total. The van der Waals surface area contributed by atoms with Crippen LogP contribution in [0, 0.1) is 11.6 Å². The molecule has 1 aliphatic rings. The Morgan fingerprint density at radius 1 is 1.16 bits per heavy atom. The minimum atomic E-state index is -0.983. The number of carbonyl (C=O) groups is 2. The summed E-state index contributed by atoms with van der Waals surface area (Å²) in [6.07, 6.45) is 1.78. The number of hydrogen-bond donors (Lipinski definition) is 3. The Balaban J connectivity index is 1.45. The predicted octanol–water partition coefficient (Wildman–Crippen LogP) is 3.60. The number of amides is 2. The van der Waals surface area contributed by atoms with Gasteiger partial charge in [-0.05, 0) is 42.7 Å². The molecule has 1 aliphatic heterocycles. The van der Waals surface area contributed by atoms with Gasteiger partial charge in [0.05, 0.1) is 17.0 Å². The number of nitrogens with two attached hydrogens (primary N) is 1. The van der Waals surface area contributed by atoms with E-state index in [1.807, 2.05) is 6.07 Å². The van der Waals surface area contributed by atoms with Gasteiger partial charge in [-0.1, -0.05) is 18.2 Å². The quantitative estimate of drug-likeness (QED) is 0.375. The smallest absolute Gasteiger partial charge is 0.407 e. The number of carbonyl (C=O) groups excluding carboxylic acids is 1. The van der Waals surface area contributed by atoms with Gasteiger partial charge in [0, 0.05) is 25.2 Å². The van der Waals surface area contributed by atoms with Crippen LogP contribution in [0.1, 0.15) is 34.8 Å². The molecule has 37 heavy (non-hydrogen) atoms. The summed E-state index contributed by atoms with van der Waals surface area (Å²) in [5, 5.41) is 17.4. The monoisotopic (exact) mass is 507 g/mol. The van der Waals surface area contributed by atoms with Crippen LogP contribution in [0.5, 0.6) is 0 Å². The Morgan fingerprint density at radius 3 is 2.81 bits per heavy atom. The van der Waals surface area contributed by atoms with Gasteiger partial charge in [0.1, 0.15) is 29.5 Å². The highest BCUT2D eigenvalue weighted by atomic mass is 19.1. The molecule has 0 unspecified atom stereocenters. The van der Waals surface area contributed by atoms with Crippen molar-refractivity contribution in [3.8, 4) is 11.3 Å². The Labute approximate surface area is 209 Å². The van der Waals surface area contributed by atoms with Gasteiger partial charge in [-0.25, -0.2) is 28.2 Å². The first-order valence-electron chi connectivity index (χ1n) is 11.6. The minimum absolute atomic E-state index is 0.0590. The number of hydrogen-bond acceptors (Lipinski definition) is 6. The van der Waals surface area contributed by atoms with Crippen LogP contribution in [-0.4, -0.2) is 54.8 Å². The van der Waals surface area contributed by atoms with Crippen LogP contribution >= 0.6 is 0 Å². The van der Waals surface area contributed by atoms with E-state index in [0.717, 1.165) is 24.6 Å². The molecule has 12 heteroatoms. The summed E-state index contributed by atoms with van der Waals surface area (Å²) < 4.78 is 29.1. The average molecular weight is 508 g/mol. The summed E-state index contributed by atoms with van der Waals surface area (Å²) in [6, 6.07) is 9.64. The summed E-state index contributed by atoms with van der Waals surface area (Å²) in [5.41, 5.74) is 8.22. The molecule has 5 rings (SSSR count). The van der Waals surface area contributed by atoms with E-state index in [1.54, 1.807) is 22.9 Å². The van der Waals surface area contributed by atoms with Gasteiger partial charge in [0.25, 0.3) is 5.91 Å². The van der Waals surface area contributed by atoms with Crippen LogP contribution in [0.25, 0.3) is 22.3 Å². The fraction of sp³-hybridized carbons (Fsp3) is 0.240. The Bertz CT molecular complexity index is 1510. The molecule has 1 saturated heterocycles. The SMILES string of the molecule is Nc1ncnc2c1c(-c1cccc(CNC(=O)c3cc(F)ccc3F)c1)nn2[C@@H]1CCCN(C(=O)O)C1. The Hall–Kier alpha value is -4.61. The van der Waals surface area contributed by atoms with Crippen LogP contribution in [0.15, 0.2) is 48.8 Å². The summed E-state index contributed by atoms with van der Waals surface area (Å²) in [5.74, 6) is -2.03. The molecule has 190 valence electrons. The van der Waals surface area contributed by atoms with Gasteiger partial charge < -0.3 is 21.1 Å². The molecular weight excluding hydrogens is 484 g/mol. The van der Waals surface area contributed by atoms with Crippen molar-refractivity contribution in [3.63, 3.8) is 0 Å². The van der Waals surface area contributed by atoms with Crippen molar-refractivity contribution in [2.24, 2.45) is 0 Å². The number of rotatable bonds is 5. The lowest BCUT2D eigenvalue weighted by Crippen LogP contribution is -2.40. The molecular formula is C25H23F2N7O3. The third-order valence-electron chi connectivity index (χ3n) is 6.36. The molecule has 0 saturated carbocycles. The van der Waals surface area contributed by atoms with Crippen molar-refractivity contribution < 1.29 is 23.5 Å². The van der Waals surface area contributed by atoms with E-state index in [1.165, 1.54) is 11.2 Å². The van der Waals surface area contributed by atoms with Crippen molar-refractivity contribution in [3.05, 3.63) is 71.6 Å². The Morgan fingerprint density at radius 2 is 2.00 bits per heavy atom. The number of anilines is 1. The largest absolute Gasteiger partial charge is 0.465 e. The molecule has 2 aromatic heterocycles. The average Bonchev–Trinajstić information content (AvgIpc) is 3.30. The summed E-state index contributed by atoms with van der Waals surface area (Å²) in [7, 11) is 0. The van der Waals surface area contributed by atoms with Gasteiger partial charge in [-0.15, -0.1) is 0 Å². The standard InChI is InChI=1S/C25H23F2N7O3/c26-16-6-7-19(27)18(10-16)24(35)29-11-14-3-1-4-15(9-14)21-20-22(28)30-13-31-23(20)34(32-21)17-5-2-8-33(12-17)25(36)37/h1,3-4,6-7,9-10,13,17H,2,5,8,11-12H2,(H,29,35)(H,36,37)(H2,28,30,31)/t17-/m1/s1. The number of fused-ring (bicyclic) bond motifs is 1. The van der Waals surface area contributed by atoms with Crippen LogP contribution in [-0.2, 0) is 6.54 Å². The van der Waals surface area contributed by atoms with E-state index in [2.05, 4.69) is 15.3 Å². The van der Waals surface area contributed by atoms with E-state index in [-0.39, 0.29) is 30.5 Å². The molecule has 0 spiro atoms. The van der Waals surface area contributed by atoms with Crippen molar-refractivity contribution >= 4 is 28.9 Å². The van der Waals surface area contributed by atoms with Crippen molar-refractivity contribution in [1.82, 2.24) is 30.0 Å². The normalized spacial score (nSPS) is 15.6. The zero-order valence-corrected chi connectivity index (χ0v) is 19.6. The molecule has 0 aliphatic carbocycles. The molecule has 0 bridgehead atoms. The lowest BCUT2D eigenvalue weighted by atomic mass is 10.1. The fourth-order valence-electron chi connectivity index (χ4n) is 4.56. The van der Waals surface area contributed by atoms with Gasteiger partial charge in [0.15, 0.2) is 5.65 Å². The van der Waals surface area contributed by atoms with Crippen LogP contribution < -0.4 is 11.1 Å². The number of nitrogen functional groups attached to an aromatic ring is 1. The first kappa shape index (κ1) is 24.1. The number of nitrogens with zero attached hydrogens (tertiary/aromatic N) is 5. The first-order valence-corrected chi connectivity index (χ1v) is 11.6. The molecule has 10 nitrogen and oxygen atoms in total. The van der Waals surface area contributed by atoms with Crippen molar-refractivity contribution in [2.75, 3.05) is 18.8 Å². The zero-order chi connectivity index (χ0) is 26.1.